The molecule has 0 spiro atoms. The molecule has 16 heavy (non-hydrogen) atoms. The fourth-order valence-corrected chi connectivity index (χ4v) is 1.96. The molecule has 0 saturated heterocycles. The molecule has 1 aromatic rings. The molecule has 0 aliphatic heterocycles. The molecule has 2 N–H and O–H groups in total. The number of benzene rings is 1. The van der Waals surface area contributed by atoms with E-state index in [-0.39, 0.29) is 6.04 Å². The topological polar surface area (TPSA) is 35.2 Å². The average molecular weight is 286 g/mol. The smallest absolute Gasteiger partial charge is 0.133 e. The summed E-state index contributed by atoms with van der Waals surface area (Å²) in [5.41, 5.74) is 7.04. The molecular formula is C13H20BrNO. The van der Waals surface area contributed by atoms with Gasteiger partial charge in [-0.2, -0.15) is 0 Å². The van der Waals surface area contributed by atoms with Gasteiger partial charge in [-0.05, 0) is 59.8 Å². The van der Waals surface area contributed by atoms with E-state index >= 15 is 0 Å². The molecule has 3 heteroatoms. The van der Waals surface area contributed by atoms with Crippen molar-refractivity contribution in [1.82, 2.24) is 0 Å². The lowest BCUT2D eigenvalue weighted by Crippen LogP contribution is -2.15. The highest BCUT2D eigenvalue weighted by molar-refractivity contribution is 9.10. The third-order valence-corrected chi connectivity index (χ3v) is 2.97. The van der Waals surface area contributed by atoms with E-state index in [1.165, 1.54) is 5.56 Å². The Morgan fingerprint density at radius 3 is 2.75 bits per heavy atom. The van der Waals surface area contributed by atoms with Gasteiger partial charge in [0.1, 0.15) is 5.75 Å². The summed E-state index contributed by atoms with van der Waals surface area (Å²) in [6.07, 6.45) is 3.06. The molecule has 0 fully saturated rings. The summed E-state index contributed by atoms with van der Waals surface area (Å²) < 4.78 is 6.63. The number of hydrogen-bond donors (Lipinski definition) is 1. The Morgan fingerprint density at radius 1 is 1.44 bits per heavy atom. The van der Waals surface area contributed by atoms with E-state index in [2.05, 4.69) is 35.0 Å². The van der Waals surface area contributed by atoms with Crippen LogP contribution in [0.15, 0.2) is 22.7 Å². The highest BCUT2D eigenvalue weighted by atomic mass is 79.9. The van der Waals surface area contributed by atoms with Gasteiger partial charge < -0.3 is 10.5 Å². The monoisotopic (exact) mass is 285 g/mol. The maximum Gasteiger partial charge on any atom is 0.133 e. The van der Waals surface area contributed by atoms with Crippen LogP contribution in [0.25, 0.3) is 0 Å². The van der Waals surface area contributed by atoms with Gasteiger partial charge in [0.15, 0.2) is 0 Å². The summed E-state index contributed by atoms with van der Waals surface area (Å²) in [7, 11) is 0. The Balaban J connectivity index is 2.59. The van der Waals surface area contributed by atoms with Crippen molar-refractivity contribution >= 4 is 15.9 Å². The summed E-state index contributed by atoms with van der Waals surface area (Å²) in [5, 5.41) is 0. The van der Waals surface area contributed by atoms with Crippen LogP contribution >= 0.6 is 15.9 Å². The lowest BCUT2D eigenvalue weighted by Gasteiger charge is -2.09. The fraction of sp³-hybridized carbons (Fsp3) is 0.538. The van der Waals surface area contributed by atoms with E-state index in [4.69, 9.17) is 10.5 Å². The van der Waals surface area contributed by atoms with Gasteiger partial charge >= 0.3 is 0 Å². The predicted octanol–water partition coefficient (Wildman–Crippen LogP) is 3.52. The Hall–Kier alpha value is -0.540. The standard InChI is InChI=1S/C13H20BrNO/c1-3-8-16-13-7-6-11(9-12(13)14)5-4-10(2)15/h6-7,9-10H,3-5,8,15H2,1-2H3. The zero-order valence-corrected chi connectivity index (χ0v) is 11.6. The second-order valence-electron chi connectivity index (χ2n) is 4.13. The van der Waals surface area contributed by atoms with Gasteiger partial charge in [-0.1, -0.05) is 13.0 Å². The van der Waals surface area contributed by atoms with Crippen LogP contribution in [0, 0.1) is 0 Å². The van der Waals surface area contributed by atoms with Gasteiger partial charge in [0.05, 0.1) is 11.1 Å². The predicted molar refractivity (Wildman–Crippen MR) is 71.9 cm³/mol. The van der Waals surface area contributed by atoms with Crippen LogP contribution in [0.1, 0.15) is 32.3 Å². The molecule has 0 bridgehead atoms. The van der Waals surface area contributed by atoms with E-state index in [0.29, 0.717) is 0 Å². The molecule has 0 aliphatic rings. The first-order valence-electron chi connectivity index (χ1n) is 5.80. The van der Waals surface area contributed by atoms with Gasteiger partial charge in [0.25, 0.3) is 0 Å². The van der Waals surface area contributed by atoms with E-state index in [9.17, 15) is 0 Å². The number of rotatable bonds is 6. The van der Waals surface area contributed by atoms with Crippen molar-refractivity contribution in [1.29, 1.82) is 0 Å². The maximum absolute atomic E-state index is 5.74. The lowest BCUT2D eigenvalue weighted by atomic mass is 10.1. The normalized spacial score (nSPS) is 12.5. The second-order valence-corrected chi connectivity index (χ2v) is 4.98. The molecule has 1 rings (SSSR count). The summed E-state index contributed by atoms with van der Waals surface area (Å²) in [6, 6.07) is 6.51. The first-order valence-corrected chi connectivity index (χ1v) is 6.59. The molecule has 1 atom stereocenters. The number of nitrogens with two attached hydrogens (primary N) is 1. The highest BCUT2D eigenvalue weighted by Gasteiger charge is 2.03. The quantitative estimate of drug-likeness (QED) is 0.868. The first-order chi connectivity index (χ1) is 7.63. The van der Waals surface area contributed by atoms with Gasteiger partial charge in [-0.15, -0.1) is 0 Å². The zero-order chi connectivity index (χ0) is 12.0. The average Bonchev–Trinajstić information content (AvgIpc) is 2.25. The molecule has 0 heterocycles. The molecule has 0 aliphatic carbocycles. The minimum Gasteiger partial charge on any atom is -0.492 e. The second kappa shape index (κ2) is 6.92. The summed E-state index contributed by atoms with van der Waals surface area (Å²) in [5.74, 6) is 0.923. The SMILES string of the molecule is CCCOc1ccc(CCC(C)N)cc1Br. The summed E-state index contributed by atoms with van der Waals surface area (Å²) in [4.78, 5) is 0. The third kappa shape index (κ3) is 4.54. The Morgan fingerprint density at radius 2 is 2.19 bits per heavy atom. The van der Waals surface area contributed by atoms with Crippen LogP contribution in [-0.2, 0) is 6.42 Å². The van der Waals surface area contributed by atoms with Crippen LogP contribution in [0.3, 0.4) is 0 Å². The summed E-state index contributed by atoms with van der Waals surface area (Å²) in [6.45, 7) is 4.90. The largest absolute Gasteiger partial charge is 0.492 e. The van der Waals surface area contributed by atoms with E-state index in [1.807, 2.05) is 13.0 Å². The third-order valence-electron chi connectivity index (χ3n) is 2.35. The summed E-state index contributed by atoms with van der Waals surface area (Å²) >= 11 is 3.53. The van der Waals surface area contributed by atoms with Crippen molar-refractivity contribution in [2.75, 3.05) is 6.61 Å². The Bertz CT molecular complexity index is 326. The molecular weight excluding hydrogens is 266 g/mol. The van der Waals surface area contributed by atoms with Crippen molar-refractivity contribution in [2.24, 2.45) is 5.73 Å². The minimum absolute atomic E-state index is 0.259. The van der Waals surface area contributed by atoms with Crippen LogP contribution in [0.5, 0.6) is 5.75 Å². The lowest BCUT2D eigenvalue weighted by molar-refractivity contribution is 0.315. The Kier molecular flexibility index (Phi) is 5.85. The molecule has 1 unspecified atom stereocenters. The molecule has 90 valence electrons. The fourth-order valence-electron chi connectivity index (χ4n) is 1.42. The minimum atomic E-state index is 0.259. The number of hydrogen-bond acceptors (Lipinski definition) is 2. The van der Waals surface area contributed by atoms with Crippen LogP contribution in [0.4, 0.5) is 0 Å². The first kappa shape index (κ1) is 13.5. The molecule has 2 nitrogen and oxygen atoms in total. The molecule has 0 aromatic heterocycles. The molecule has 1 aromatic carbocycles. The van der Waals surface area contributed by atoms with E-state index in [0.717, 1.165) is 36.1 Å². The Labute approximate surface area is 106 Å². The van der Waals surface area contributed by atoms with E-state index < -0.39 is 0 Å². The molecule has 0 saturated carbocycles. The molecule has 0 amide bonds. The van der Waals surface area contributed by atoms with Crippen molar-refractivity contribution in [3.8, 4) is 5.75 Å². The van der Waals surface area contributed by atoms with Crippen LogP contribution in [-0.4, -0.2) is 12.6 Å². The van der Waals surface area contributed by atoms with Crippen molar-refractivity contribution in [3.63, 3.8) is 0 Å². The van der Waals surface area contributed by atoms with Crippen molar-refractivity contribution < 1.29 is 4.74 Å². The van der Waals surface area contributed by atoms with Gasteiger partial charge in [0, 0.05) is 6.04 Å². The van der Waals surface area contributed by atoms with Gasteiger partial charge in [-0.25, -0.2) is 0 Å². The number of aryl methyl sites for hydroxylation is 1. The number of ether oxygens (including phenoxy) is 1. The van der Waals surface area contributed by atoms with Crippen LogP contribution < -0.4 is 10.5 Å². The number of halogens is 1. The van der Waals surface area contributed by atoms with Crippen molar-refractivity contribution in [2.45, 2.75) is 39.2 Å². The van der Waals surface area contributed by atoms with Gasteiger partial charge in [-0.3, -0.25) is 0 Å². The van der Waals surface area contributed by atoms with Crippen LogP contribution in [0.2, 0.25) is 0 Å². The van der Waals surface area contributed by atoms with Crippen molar-refractivity contribution in [3.05, 3.63) is 28.2 Å². The maximum atomic E-state index is 5.74. The molecule has 0 radical (unpaired) electrons. The van der Waals surface area contributed by atoms with Gasteiger partial charge in [0.2, 0.25) is 0 Å². The van der Waals surface area contributed by atoms with E-state index in [1.54, 1.807) is 0 Å². The zero-order valence-electron chi connectivity index (χ0n) is 10.0. The highest BCUT2D eigenvalue weighted by Crippen LogP contribution is 2.26.